The Kier molecular flexibility index (Phi) is 4.10. The van der Waals surface area contributed by atoms with Crippen LogP contribution < -0.4 is 0 Å². The molecule has 0 aliphatic carbocycles. The van der Waals surface area contributed by atoms with Gasteiger partial charge in [-0.15, -0.1) is 0 Å². The van der Waals surface area contributed by atoms with Crippen molar-refractivity contribution in [2.45, 2.75) is 19.0 Å². The molecule has 4 heteroatoms. The molecule has 0 bridgehead atoms. The van der Waals surface area contributed by atoms with Crippen LogP contribution in [-0.2, 0) is 17.3 Å². The zero-order chi connectivity index (χ0) is 13.9. The van der Waals surface area contributed by atoms with Gasteiger partial charge >= 0.3 is 6.18 Å². The van der Waals surface area contributed by atoms with Crippen LogP contribution in [0.5, 0.6) is 0 Å². The number of hydrogen-bond donors (Lipinski definition) is 0. The van der Waals surface area contributed by atoms with Crippen molar-refractivity contribution in [1.29, 1.82) is 0 Å². The van der Waals surface area contributed by atoms with Gasteiger partial charge in [-0.3, -0.25) is 0 Å². The second kappa shape index (κ2) is 5.61. The number of alkyl halides is 3. The molecule has 0 radical (unpaired) electrons. The van der Waals surface area contributed by atoms with E-state index in [9.17, 15) is 13.2 Å². The Hall–Kier alpha value is -1.55. The van der Waals surface area contributed by atoms with Gasteiger partial charge in [-0.1, -0.05) is 24.3 Å². The molecule has 0 aliphatic heterocycles. The standard InChI is InChI=1S/C15H15F3O/c1-19-8-4-6-12-10-13(15(16,17)18)9-11-5-2-3-7-14(11)12/h2-3,5,7,9-10H,4,6,8H2,1H3. The summed E-state index contributed by atoms with van der Waals surface area (Å²) in [5, 5.41) is 1.51. The van der Waals surface area contributed by atoms with Crippen molar-refractivity contribution < 1.29 is 17.9 Å². The number of rotatable bonds is 4. The smallest absolute Gasteiger partial charge is 0.385 e. The first-order chi connectivity index (χ1) is 9.02. The van der Waals surface area contributed by atoms with Crippen LogP contribution >= 0.6 is 0 Å². The molecular weight excluding hydrogens is 253 g/mol. The highest BCUT2D eigenvalue weighted by Crippen LogP contribution is 2.33. The lowest BCUT2D eigenvalue weighted by molar-refractivity contribution is -0.137. The van der Waals surface area contributed by atoms with Gasteiger partial charge in [-0.25, -0.2) is 0 Å². The van der Waals surface area contributed by atoms with Crippen LogP contribution in [0.1, 0.15) is 17.5 Å². The van der Waals surface area contributed by atoms with Crippen LogP contribution in [0.2, 0.25) is 0 Å². The first-order valence-electron chi connectivity index (χ1n) is 6.10. The lowest BCUT2D eigenvalue weighted by Gasteiger charge is -2.12. The van der Waals surface area contributed by atoms with Crippen LogP contribution in [0.15, 0.2) is 36.4 Å². The normalized spacial score (nSPS) is 12.0. The van der Waals surface area contributed by atoms with Crippen molar-refractivity contribution in [3.8, 4) is 0 Å². The summed E-state index contributed by atoms with van der Waals surface area (Å²) >= 11 is 0. The minimum atomic E-state index is -4.31. The van der Waals surface area contributed by atoms with Crippen LogP contribution in [0.25, 0.3) is 10.8 Å². The van der Waals surface area contributed by atoms with E-state index in [1.807, 2.05) is 12.1 Å². The highest BCUT2D eigenvalue weighted by atomic mass is 19.4. The van der Waals surface area contributed by atoms with Crippen molar-refractivity contribution in [3.05, 3.63) is 47.5 Å². The van der Waals surface area contributed by atoms with Gasteiger partial charge < -0.3 is 4.74 Å². The fourth-order valence-corrected chi connectivity index (χ4v) is 2.17. The molecule has 0 spiro atoms. The van der Waals surface area contributed by atoms with Crippen molar-refractivity contribution >= 4 is 10.8 Å². The number of methoxy groups -OCH3 is 1. The molecule has 0 heterocycles. The van der Waals surface area contributed by atoms with Gasteiger partial charge in [0, 0.05) is 13.7 Å². The molecule has 0 aliphatic rings. The minimum Gasteiger partial charge on any atom is -0.385 e. The number of aryl methyl sites for hydroxylation is 1. The third kappa shape index (κ3) is 3.26. The Morgan fingerprint density at radius 2 is 1.84 bits per heavy atom. The second-order valence-electron chi connectivity index (χ2n) is 4.45. The highest BCUT2D eigenvalue weighted by molar-refractivity contribution is 5.86. The fraction of sp³-hybridized carbons (Fsp3) is 0.333. The Morgan fingerprint density at radius 1 is 1.11 bits per heavy atom. The summed E-state index contributed by atoms with van der Waals surface area (Å²) in [6.45, 7) is 0.546. The molecule has 0 N–H and O–H groups in total. The monoisotopic (exact) mass is 268 g/mol. The van der Waals surface area contributed by atoms with E-state index in [-0.39, 0.29) is 0 Å². The number of hydrogen-bond acceptors (Lipinski definition) is 1. The van der Waals surface area contributed by atoms with Crippen LogP contribution in [0.3, 0.4) is 0 Å². The molecule has 2 aromatic carbocycles. The lowest BCUT2D eigenvalue weighted by atomic mass is 9.97. The zero-order valence-electron chi connectivity index (χ0n) is 10.6. The molecule has 0 amide bonds. The Balaban J connectivity index is 2.46. The molecule has 1 nitrogen and oxygen atoms in total. The number of benzene rings is 2. The zero-order valence-corrected chi connectivity index (χ0v) is 10.6. The maximum absolute atomic E-state index is 12.9. The first-order valence-corrected chi connectivity index (χ1v) is 6.10. The van der Waals surface area contributed by atoms with Crippen molar-refractivity contribution in [2.24, 2.45) is 0 Å². The Bertz CT molecular complexity index is 561. The van der Waals surface area contributed by atoms with E-state index < -0.39 is 11.7 Å². The number of halogens is 3. The average molecular weight is 268 g/mol. The maximum atomic E-state index is 12.9. The number of ether oxygens (including phenoxy) is 1. The quantitative estimate of drug-likeness (QED) is 0.745. The van der Waals surface area contributed by atoms with E-state index in [0.29, 0.717) is 24.8 Å². The van der Waals surface area contributed by atoms with Gasteiger partial charge in [0.1, 0.15) is 0 Å². The first kappa shape index (κ1) is 13.9. The molecule has 0 unspecified atom stereocenters. The van der Waals surface area contributed by atoms with Crippen molar-refractivity contribution in [2.75, 3.05) is 13.7 Å². The molecule has 0 fully saturated rings. The van der Waals surface area contributed by atoms with E-state index in [1.165, 1.54) is 12.1 Å². The summed E-state index contributed by atoms with van der Waals surface area (Å²) < 4.78 is 43.5. The van der Waals surface area contributed by atoms with E-state index in [1.54, 1.807) is 19.2 Å². The molecular formula is C15H15F3O. The largest absolute Gasteiger partial charge is 0.416 e. The topological polar surface area (TPSA) is 9.23 Å². The van der Waals surface area contributed by atoms with Crippen molar-refractivity contribution in [1.82, 2.24) is 0 Å². The molecule has 0 saturated heterocycles. The number of fused-ring (bicyclic) bond motifs is 1. The van der Waals surface area contributed by atoms with Gasteiger partial charge in [0.25, 0.3) is 0 Å². The van der Waals surface area contributed by atoms with E-state index >= 15 is 0 Å². The summed E-state index contributed by atoms with van der Waals surface area (Å²) in [4.78, 5) is 0. The van der Waals surface area contributed by atoms with Crippen LogP contribution in [-0.4, -0.2) is 13.7 Å². The third-order valence-corrected chi connectivity index (χ3v) is 3.07. The van der Waals surface area contributed by atoms with Gasteiger partial charge in [-0.2, -0.15) is 13.2 Å². The molecule has 2 aromatic rings. The van der Waals surface area contributed by atoms with Crippen molar-refractivity contribution in [3.63, 3.8) is 0 Å². The predicted octanol–water partition coefficient (Wildman–Crippen LogP) is 4.44. The van der Waals surface area contributed by atoms with Gasteiger partial charge in [0.05, 0.1) is 5.56 Å². The molecule has 19 heavy (non-hydrogen) atoms. The average Bonchev–Trinajstić information content (AvgIpc) is 2.37. The summed E-state index contributed by atoms with van der Waals surface area (Å²) in [5.74, 6) is 0. The lowest BCUT2D eigenvalue weighted by Crippen LogP contribution is -2.06. The molecule has 0 aromatic heterocycles. The van der Waals surface area contributed by atoms with E-state index in [0.717, 1.165) is 10.9 Å². The summed E-state index contributed by atoms with van der Waals surface area (Å²) in [7, 11) is 1.59. The minimum absolute atomic E-state index is 0.546. The Labute approximate surface area is 110 Å². The molecule has 102 valence electrons. The van der Waals surface area contributed by atoms with Gasteiger partial charge in [0.15, 0.2) is 0 Å². The summed E-state index contributed by atoms with van der Waals surface area (Å²) in [5.41, 5.74) is 0.140. The van der Waals surface area contributed by atoms with Gasteiger partial charge in [0.2, 0.25) is 0 Å². The summed E-state index contributed by atoms with van der Waals surface area (Å²) in [6.07, 6.45) is -3.01. The Morgan fingerprint density at radius 3 is 2.53 bits per heavy atom. The SMILES string of the molecule is COCCCc1cc(C(F)(F)F)cc2ccccc12. The third-order valence-electron chi connectivity index (χ3n) is 3.07. The fourth-order valence-electron chi connectivity index (χ4n) is 2.17. The predicted molar refractivity (Wildman–Crippen MR) is 69.1 cm³/mol. The van der Waals surface area contributed by atoms with Gasteiger partial charge in [-0.05, 0) is 41.3 Å². The molecule has 2 rings (SSSR count). The molecule has 0 saturated carbocycles. The second-order valence-corrected chi connectivity index (χ2v) is 4.45. The molecule has 0 atom stereocenters. The van der Waals surface area contributed by atoms with E-state index in [4.69, 9.17) is 4.74 Å². The highest BCUT2D eigenvalue weighted by Gasteiger charge is 2.31. The van der Waals surface area contributed by atoms with Crippen LogP contribution in [0, 0.1) is 0 Å². The summed E-state index contributed by atoms with van der Waals surface area (Å²) in [6, 6.07) is 9.62. The maximum Gasteiger partial charge on any atom is 0.416 e. The van der Waals surface area contributed by atoms with Crippen LogP contribution in [0.4, 0.5) is 13.2 Å². The van der Waals surface area contributed by atoms with E-state index in [2.05, 4.69) is 0 Å².